The number of carbonyl (C=O) groups excluding carboxylic acids is 4. The molecule has 1 saturated carbocycles. The molecule has 1 fully saturated rings. The molecule has 152 valence electrons. The number of hydrogen-bond donors (Lipinski definition) is 2. The van der Waals surface area contributed by atoms with Gasteiger partial charge in [0.15, 0.2) is 5.78 Å². The minimum Gasteiger partial charge on any atom is -0.468 e. The van der Waals surface area contributed by atoms with E-state index in [-0.39, 0.29) is 18.1 Å². The number of ether oxygens (including phenoxy) is 2. The number of ketones is 1. The third kappa shape index (κ3) is 4.95. The molecule has 0 heterocycles. The summed E-state index contributed by atoms with van der Waals surface area (Å²) in [4.78, 5) is 48.0. The molecule has 1 amide bonds. The standard InChI is InChI=1S/C20H26N2O6/c1-12(23)22-17(11-14-6-8-15(9-7-14)28-13(2)24)18(25)16-5-4-10-20(16,21)19(26)27-3/h6-9,16-17H,4-5,10-11,21H2,1-3H3,(H,22,23). The molecule has 1 aliphatic rings. The van der Waals surface area contributed by atoms with Crippen LogP contribution in [0.5, 0.6) is 5.75 Å². The second-order valence-corrected chi connectivity index (χ2v) is 7.07. The first-order valence-corrected chi connectivity index (χ1v) is 9.13. The largest absolute Gasteiger partial charge is 0.468 e. The Morgan fingerprint density at radius 1 is 1.21 bits per heavy atom. The van der Waals surface area contributed by atoms with Crippen LogP contribution in [0.3, 0.4) is 0 Å². The molecule has 1 aliphatic carbocycles. The zero-order valence-electron chi connectivity index (χ0n) is 16.3. The van der Waals surface area contributed by atoms with Crippen molar-refractivity contribution in [2.24, 2.45) is 11.7 Å². The molecule has 28 heavy (non-hydrogen) atoms. The van der Waals surface area contributed by atoms with Gasteiger partial charge in [-0.25, -0.2) is 0 Å². The van der Waals surface area contributed by atoms with Crippen LogP contribution in [0.15, 0.2) is 24.3 Å². The van der Waals surface area contributed by atoms with E-state index in [4.69, 9.17) is 15.2 Å². The Balaban J connectivity index is 2.20. The van der Waals surface area contributed by atoms with Gasteiger partial charge < -0.3 is 20.5 Å². The van der Waals surface area contributed by atoms with Crippen LogP contribution in [0.4, 0.5) is 0 Å². The normalized spacial score (nSPS) is 22.2. The zero-order chi connectivity index (χ0) is 20.9. The zero-order valence-corrected chi connectivity index (χ0v) is 16.3. The van der Waals surface area contributed by atoms with Crippen molar-refractivity contribution in [3.8, 4) is 5.75 Å². The smallest absolute Gasteiger partial charge is 0.326 e. The lowest BCUT2D eigenvalue weighted by atomic mass is 9.81. The van der Waals surface area contributed by atoms with Crippen molar-refractivity contribution in [3.63, 3.8) is 0 Å². The number of benzene rings is 1. The van der Waals surface area contributed by atoms with Gasteiger partial charge in [-0.2, -0.15) is 0 Å². The Hall–Kier alpha value is -2.74. The van der Waals surface area contributed by atoms with E-state index in [1.165, 1.54) is 21.0 Å². The van der Waals surface area contributed by atoms with Gasteiger partial charge in [0.05, 0.1) is 13.2 Å². The van der Waals surface area contributed by atoms with Gasteiger partial charge in [0.1, 0.15) is 11.3 Å². The van der Waals surface area contributed by atoms with E-state index in [9.17, 15) is 19.2 Å². The number of nitrogens with two attached hydrogens (primary N) is 1. The fourth-order valence-corrected chi connectivity index (χ4v) is 3.67. The van der Waals surface area contributed by atoms with Crippen molar-refractivity contribution in [1.82, 2.24) is 5.32 Å². The summed E-state index contributed by atoms with van der Waals surface area (Å²) in [5, 5.41) is 2.67. The average Bonchev–Trinajstić information content (AvgIpc) is 3.03. The molecular formula is C20H26N2O6. The molecule has 0 spiro atoms. The number of carbonyl (C=O) groups is 4. The molecule has 0 aromatic heterocycles. The van der Waals surface area contributed by atoms with Crippen molar-refractivity contribution in [2.45, 2.75) is 51.1 Å². The van der Waals surface area contributed by atoms with E-state index >= 15 is 0 Å². The van der Waals surface area contributed by atoms with E-state index in [1.807, 2.05) is 0 Å². The van der Waals surface area contributed by atoms with Crippen molar-refractivity contribution in [1.29, 1.82) is 0 Å². The molecule has 0 aliphatic heterocycles. The second kappa shape index (κ2) is 8.97. The number of rotatable bonds is 7. The number of Topliss-reactive ketones (excluding diaryl/α,β-unsaturated/α-hetero) is 1. The molecule has 1 aromatic carbocycles. The summed E-state index contributed by atoms with van der Waals surface area (Å²) in [7, 11) is 1.24. The van der Waals surface area contributed by atoms with Crippen molar-refractivity contribution in [2.75, 3.05) is 7.11 Å². The maximum atomic E-state index is 13.2. The van der Waals surface area contributed by atoms with Crippen LogP contribution >= 0.6 is 0 Å². The Labute approximate surface area is 163 Å². The first-order valence-electron chi connectivity index (χ1n) is 9.13. The summed E-state index contributed by atoms with van der Waals surface area (Å²) < 4.78 is 9.79. The van der Waals surface area contributed by atoms with E-state index in [1.54, 1.807) is 24.3 Å². The SMILES string of the molecule is COC(=O)C1(N)CCCC1C(=O)C(Cc1ccc(OC(C)=O)cc1)NC(C)=O. The predicted molar refractivity (Wildman–Crippen MR) is 100 cm³/mol. The van der Waals surface area contributed by atoms with Gasteiger partial charge in [-0.15, -0.1) is 0 Å². The summed E-state index contributed by atoms with van der Waals surface area (Å²) >= 11 is 0. The molecule has 8 heteroatoms. The van der Waals surface area contributed by atoms with Crippen LogP contribution in [-0.2, 0) is 30.3 Å². The van der Waals surface area contributed by atoms with Gasteiger partial charge in [0.2, 0.25) is 5.91 Å². The first kappa shape index (κ1) is 21.6. The Kier molecular flexibility index (Phi) is 6.90. The molecule has 3 N–H and O–H groups in total. The summed E-state index contributed by atoms with van der Waals surface area (Å²) in [6.45, 7) is 2.64. The highest BCUT2D eigenvalue weighted by molar-refractivity contribution is 5.96. The van der Waals surface area contributed by atoms with Crippen LogP contribution in [0, 0.1) is 5.92 Å². The minimum atomic E-state index is -1.37. The summed E-state index contributed by atoms with van der Waals surface area (Å²) in [5.41, 5.74) is 5.62. The van der Waals surface area contributed by atoms with E-state index in [2.05, 4.69) is 5.32 Å². The molecule has 1 aromatic rings. The molecular weight excluding hydrogens is 364 g/mol. The van der Waals surface area contributed by atoms with E-state index < -0.39 is 29.4 Å². The second-order valence-electron chi connectivity index (χ2n) is 7.07. The van der Waals surface area contributed by atoms with Gasteiger partial charge in [0.25, 0.3) is 0 Å². The van der Waals surface area contributed by atoms with Crippen molar-refractivity contribution < 1.29 is 28.7 Å². The lowest BCUT2D eigenvalue weighted by molar-refractivity contribution is -0.151. The summed E-state index contributed by atoms with van der Waals surface area (Å²) in [6, 6.07) is 5.83. The molecule has 0 radical (unpaired) electrons. The molecule has 2 rings (SSSR count). The highest BCUT2D eigenvalue weighted by Crippen LogP contribution is 2.36. The molecule has 0 bridgehead atoms. The third-order valence-corrected chi connectivity index (χ3v) is 4.96. The van der Waals surface area contributed by atoms with Crippen LogP contribution in [0.25, 0.3) is 0 Å². The van der Waals surface area contributed by atoms with Crippen LogP contribution in [0.1, 0.15) is 38.7 Å². The van der Waals surface area contributed by atoms with Gasteiger partial charge in [-0.3, -0.25) is 19.2 Å². The first-order chi connectivity index (χ1) is 13.2. The third-order valence-electron chi connectivity index (χ3n) is 4.96. The van der Waals surface area contributed by atoms with Crippen LogP contribution in [0.2, 0.25) is 0 Å². The van der Waals surface area contributed by atoms with Crippen molar-refractivity contribution in [3.05, 3.63) is 29.8 Å². The topological polar surface area (TPSA) is 125 Å². The summed E-state index contributed by atoms with van der Waals surface area (Å²) in [5.74, 6) is -2.02. The summed E-state index contributed by atoms with van der Waals surface area (Å²) in [6.07, 6.45) is 1.68. The maximum absolute atomic E-state index is 13.2. The monoisotopic (exact) mass is 390 g/mol. The molecule has 3 unspecified atom stereocenters. The Bertz CT molecular complexity index is 760. The quantitative estimate of drug-likeness (QED) is 0.523. The van der Waals surface area contributed by atoms with Gasteiger partial charge in [0, 0.05) is 19.8 Å². The van der Waals surface area contributed by atoms with Gasteiger partial charge >= 0.3 is 11.9 Å². The molecule has 3 atom stereocenters. The number of hydrogen-bond acceptors (Lipinski definition) is 7. The average molecular weight is 390 g/mol. The van der Waals surface area contributed by atoms with Gasteiger partial charge in [-0.1, -0.05) is 18.6 Å². The lowest BCUT2D eigenvalue weighted by Gasteiger charge is -2.30. The predicted octanol–water partition coefficient (Wildman–Crippen LogP) is 0.899. The van der Waals surface area contributed by atoms with Gasteiger partial charge in [-0.05, 0) is 37.0 Å². The number of nitrogens with one attached hydrogen (secondary N) is 1. The lowest BCUT2D eigenvalue weighted by Crippen LogP contribution is -2.57. The van der Waals surface area contributed by atoms with E-state index in [0.29, 0.717) is 25.0 Å². The fraction of sp³-hybridized carbons (Fsp3) is 0.500. The fourth-order valence-electron chi connectivity index (χ4n) is 3.67. The van der Waals surface area contributed by atoms with Crippen LogP contribution in [-0.4, -0.2) is 42.3 Å². The van der Waals surface area contributed by atoms with Crippen LogP contribution < -0.4 is 15.8 Å². The van der Waals surface area contributed by atoms with E-state index in [0.717, 1.165) is 5.56 Å². The maximum Gasteiger partial charge on any atom is 0.326 e. The van der Waals surface area contributed by atoms with Crippen molar-refractivity contribution >= 4 is 23.6 Å². The molecule has 0 saturated heterocycles. The Morgan fingerprint density at radius 2 is 1.86 bits per heavy atom. The highest BCUT2D eigenvalue weighted by Gasteiger charge is 2.51. The number of esters is 2. The number of methoxy groups -OCH3 is 1. The highest BCUT2D eigenvalue weighted by atomic mass is 16.5. The Morgan fingerprint density at radius 3 is 2.39 bits per heavy atom. The molecule has 8 nitrogen and oxygen atoms in total. The number of amides is 1. The minimum absolute atomic E-state index is 0.229.